The largest absolute Gasteiger partial charge is 0.494 e. The molecule has 170 valence electrons. The predicted molar refractivity (Wildman–Crippen MR) is 124 cm³/mol. The van der Waals surface area contributed by atoms with Crippen molar-refractivity contribution in [3.05, 3.63) is 59.0 Å². The van der Waals surface area contributed by atoms with Gasteiger partial charge in [-0.15, -0.1) is 0 Å². The van der Waals surface area contributed by atoms with Crippen molar-refractivity contribution in [2.24, 2.45) is 0 Å². The van der Waals surface area contributed by atoms with Gasteiger partial charge in [-0.2, -0.15) is 0 Å². The van der Waals surface area contributed by atoms with Crippen LogP contribution in [0.15, 0.2) is 57.7 Å². The SMILES string of the molecule is CCCCOc1ccc(-c2cc3ccc(OC(C)(C)C(C)(C)OC=O)cc3oc2=O)cc1. The second kappa shape index (κ2) is 9.47. The van der Waals surface area contributed by atoms with Crippen LogP contribution in [-0.2, 0) is 9.53 Å². The Morgan fingerprint density at radius 1 is 0.938 bits per heavy atom. The fraction of sp³-hybridized carbons (Fsp3) is 0.385. The van der Waals surface area contributed by atoms with Crippen molar-refractivity contribution in [1.82, 2.24) is 0 Å². The quantitative estimate of drug-likeness (QED) is 0.228. The molecule has 3 rings (SSSR count). The smallest absolute Gasteiger partial charge is 0.344 e. The van der Waals surface area contributed by atoms with Gasteiger partial charge in [-0.1, -0.05) is 25.5 Å². The Hall–Kier alpha value is -3.28. The molecule has 32 heavy (non-hydrogen) atoms. The Morgan fingerprint density at radius 3 is 2.28 bits per heavy atom. The number of carbonyl (C=O) groups excluding carboxylic acids is 1. The first kappa shape index (κ1) is 23.4. The molecule has 0 amide bonds. The summed E-state index contributed by atoms with van der Waals surface area (Å²) >= 11 is 0. The highest BCUT2D eigenvalue weighted by atomic mass is 16.6. The Labute approximate surface area is 188 Å². The third kappa shape index (κ3) is 5.13. The number of fused-ring (bicyclic) bond motifs is 1. The van der Waals surface area contributed by atoms with Gasteiger partial charge in [0, 0.05) is 11.5 Å². The van der Waals surface area contributed by atoms with E-state index in [1.54, 1.807) is 26.0 Å². The Kier molecular flexibility index (Phi) is 6.92. The van der Waals surface area contributed by atoms with Crippen LogP contribution < -0.4 is 15.1 Å². The van der Waals surface area contributed by atoms with Crippen LogP contribution in [-0.4, -0.2) is 24.3 Å². The highest BCUT2D eigenvalue weighted by Crippen LogP contribution is 2.32. The molecule has 1 heterocycles. The van der Waals surface area contributed by atoms with Crippen LogP contribution in [0.2, 0.25) is 0 Å². The summed E-state index contributed by atoms with van der Waals surface area (Å²) in [6.45, 7) is 10.4. The molecule has 0 aliphatic heterocycles. The lowest BCUT2D eigenvalue weighted by molar-refractivity contribution is -0.161. The lowest BCUT2D eigenvalue weighted by Gasteiger charge is -2.39. The van der Waals surface area contributed by atoms with Crippen molar-refractivity contribution >= 4 is 17.4 Å². The zero-order valence-corrected chi connectivity index (χ0v) is 19.3. The molecule has 0 unspecified atom stereocenters. The first-order chi connectivity index (χ1) is 15.2. The monoisotopic (exact) mass is 438 g/mol. The molecule has 0 radical (unpaired) electrons. The minimum atomic E-state index is -0.860. The van der Waals surface area contributed by atoms with Gasteiger partial charge in [-0.05, 0) is 70.0 Å². The molecule has 1 aromatic heterocycles. The van der Waals surface area contributed by atoms with Gasteiger partial charge in [0.15, 0.2) is 0 Å². The number of ether oxygens (including phenoxy) is 3. The summed E-state index contributed by atoms with van der Waals surface area (Å²) in [7, 11) is 0. The molecule has 6 heteroatoms. The highest BCUT2D eigenvalue weighted by molar-refractivity contribution is 5.82. The van der Waals surface area contributed by atoms with Crippen LogP contribution in [0, 0.1) is 0 Å². The van der Waals surface area contributed by atoms with Gasteiger partial charge in [-0.25, -0.2) is 4.79 Å². The number of unbranched alkanes of at least 4 members (excludes halogenated alkanes) is 1. The Bertz CT molecular complexity index is 1130. The van der Waals surface area contributed by atoms with Crippen LogP contribution in [0.3, 0.4) is 0 Å². The molecule has 0 bridgehead atoms. The number of hydrogen-bond acceptors (Lipinski definition) is 6. The average Bonchev–Trinajstić information content (AvgIpc) is 2.73. The van der Waals surface area contributed by atoms with E-state index in [2.05, 4.69) is 6.92 Å². The molecule has 2 aromatic carbocycles. The third-order valence-corrected chi connectivity index (χ3v) is 5.81. The Morgan fingerprint density at radius 2 is 1.62 bits per heavy atom. The van der Waals surface area contributed by atoms with Crippen molar-refractivity contribution in [2.75, 3.05) is 6.61 Å². The fourth-order valence-corrected chi connectivity index (χ4v) is 3.10. The van der Waals surface area contributed by atoms with E-state index < -0.39 is 16.8 Å². The number of carbonyl (C=O) groups is 1. The van der Waals surface area contributed by atoms with E-state index in [0.717, 1.165) is 29.5 Å². The summed E-state index contributed by atoms with van der Waals surface area (Å²) in [5.41, 5.74) is -0.451. The van der Waals surface area contributed by atoms with E-state index in [0.29, 0.717) is 30.0 Å². The minimum Gasteiger partial charge on any atom is -0.494 e. The molecule has 0 aliphatic carbocycles. The number of rotatable bonds is 10. The second-order valence-corrected chi connectivity index (χ2v) is 8.71. The normalized spacial score (nSPS) is 11.9. The first-order valence-electron chi connectivity index (χ1n) is 10.8. The van der Waals surface area contributed by atoms with Gasteiger partial charge in [0.05, 0.1) is 12.2 Å². The third-order valence-electron chi connectivity index (χ3n) is 5.81. The lowest BCUT2D eigenvalue weighted by Crippen LogP contribution is -2.51. The maximum Gasteiger partial charge on any atom is 0.344 e. The predicted octanol–water partition coefficient (Wildman–Crippen LogP) is 5.75. The van der Waals surface area contributed by atoms with Gasteiger partial charge >= 0.3 is 5.63 Å². The fourth-order valence-electron chi connectivity index (χ4n) is 3.10. The molecule has 0 aliphatic rings. The zero-order valence-electron chi connectivity index (χ0n) is 19.3. The summed E-state index contributed by atoms with van der Waals surface area (Å²) in [4.78, 5) is 23.5. The van der Waals surface area contributed by atoms with E-state index in [4.69, 9.17) is 18.6 Å². The molecule has 0 atom stereocenters. The number of benzene rings is 2. The lowest BCUT2D eigenvalue weighted by atomic mass is 9.89. The Balaban J connectivity index is 1.85. The maximum atomic E-state index is 12.7. The maximum absolute atomic E-state index is 12.7. The summed E-state index contributed by atoms with van der Waals surface area (Å²) in [6, 6.07) is 14.5. The molecule has 0 fully saturated rings. The standard InChI is InChI=1S/C26H30O6/c1-6-7-14-29-20-11-8-18(9-12-20)22-15-19-10-13-21(16-23(19)31-24(22)28)32-26(4,5)25(2,3)30-17-27/h8-13,15-17H,6-7,14H2,1-5H3. The summed E-state index contributed by atoms with van der Waals surface area (Å²) in [6.07, 6.45) is 2.07. The van der Waals surface area contributed by atoms with Crippen LogP contribution in [0.5, 0.6) is 11.5 Å². The van der Waals surface area contributed by atoms with E-state index >= 15 is 0 Å². The van der Waals surface area contributed by atoms with Crippen LogP contribution in [0.4, 0.5) is 0 Å². The van der Waals surface area contributed by atoms with Crippen molar-refractivity contribution in [1.29, 1.82) is 0 Å². The summed E-state index contributed by atoms with van der Waals surface area (Å²) in [5, 5.41) is 0.774. The molecule has 0 saturated carbocycles. The molecule has 0 spiro atoms. The summed E-state index contributed by atoms with van der Waals surface area (Å²) < 4.78 is 22.5. The summed E-state index contributed by atoms with van der Waals surface area (Å²) in [5.74, 6) is 1.29. The highest BCUT2D eigenvalue weighted by Gasteiger charge is 2.41. The van der Waals surface area contributed by atoms with Gasteiger partial charge in [-0.3, -0.25) is 4.79 Å². The van der Waals surface area contributed by atoms with Gasteiger partial charge in [0.1, 0.15) is 28.3 Å². The molecular weight excluding hydrogens is 408 g/mol. The van der Waals surface area contributed by atoms with Crippen molar-refractivity contribution in [3.8, 4) is 22.6 Å². The minimum absolute atomic E-state index is 0.413. The van der Waals surface area contributed by atoms with Crippen molar-refractivity contribution in [3.63, 3.8) is 0 Å². The van der Waals surface area contributed by atoms with Gasteiger partial charge in [0.25, 0.3) is 6.47 Å². The molecule has 0 N–H and O–H groups in total. The van der Waals surface area contributed by atoms with E-state index in [1.807, 2.05) is 50.2 Å². The van der Waals surface area contributed by atoms with Crippen LogP contribution in [0.1, 0.15) is 47.5 Å². The van der Waals surface area contributed by atoms with Crippen LogP contribution in [0.25, 0.3) is 22.1 Å². The zero-order chi connectivity index (χ0) is 23.4. The van der Waals surface area contributed by atoms with Crippen molar-refractivity contribution in [2.45, 2.75) is 58.7 Å². The molecule has 0 saturated heterocycles. The van der Waals surface area contributed by atoms with Crippen molar-refractivity contribution < 1.29 is 23.4 Å². The van der Waals surface area contributed by atoms with Crippen LogP contribution >= 0.6 is 0 Å². The van der Waals surface area contributed by atoms with E-state index in [9.17, 15) is 9.59 Å². The van der Waals surface area contributed by atoms with E-state index in [-0.39, 0.29) is 0 Å². The molecular formula is C26H30O6. The molecule has 3 aromatic rings. The average molecular weight is 439 g/mol. The first-order valence-corrected chi connectivity index (χ1v) is 10.8. The number of hydrogen-bond donors (Lipinski definition) is 0. The van der Waals surface area contributed by atoms with Gasteiger partial charge < -0.3 is 18.6 Å². The van der Waals surface area contributed by atoms with Gasteiger partial charge in [0.2, 0.25) is 0 Å². The van der Waals surface area contributed by atoms with E-state index in [1.165, 1.54) is 0 Å². The second-order valence-electron chi connectivity index (χ2n) is 8.71. The topological polar surface area (TPSA) is 75.0 Å². The molecule has 6 nitrogen and oxygen atoms in total.